The zero-order chi connectivity index (χ0) is 23.0. The smallest absolute Gasteiger partial charge is 0.343 e. The normalized spacial score (nSPS) is 25.5. The third-order valence-corrected chi connectivity index (χ3v) is 8.25. The molecule has 2 aromatic carbocycles. The molecule has 0 amide bonds. The first-order valence-corrected chi connectivity index (χ1v) is 13.3. The summed E-state index contributed by atoms with van der Waals surface area (Å²) in [5.74, 6) is 3.83. The van der Waals surface area contributed by atoms with Crippen LogP contribution in [0.25, 0.3) is 0 Å². The lowest BCUT2D eigenvalue weighted by Crippen LogP contribution is -2.25. The highest BCUT2D eigenvalue weighted by molar-refractivity contribution is 5.91. The second-order valence-corrected chi connectivity index (χ2v) is 10.5. The molecule has 178 valence electrons. The Balaban J connectivity index is 1.21. The summed E-state index contributed by atoms with van der Waals surface area (Å²) in [4.78, 5) is 12.3. The van der Waals surface area contributed by atoms with Crippen molar-refractivity contribution in [3.05, 3.63) is 59.7 Å². The summed E-state index contributed by atoms with van der Waals surface area (Å²) in [5.41, 5.74) is 8.24. The summed E-state index contributed by atoms with van der Waals surface area (Å²) >= 11 is 0. The average Bonchev–Trinajstić information content (AvgIpc) is 2.86. The lowest BCUT2D eigenvalue weighted by molar-refractivity contribution is 0.0734. The molecule has 2 N–H and O–H groups in total. The van der Waals surface area contributed by atoms with Gasteiger partial charge < -0.3 is 10.5 Å². The number of hydrogen-bond acceptors (Lipinski definition) is 3. The van der Waals surface area contributed by atoms with E-state index in [1.165, 1.54) is 82.6 Å². The fourth-order valence-electron chi connectivity index (χ4n) is 6.15. The van der Waals surface area contributed by atoms with Crippen LogP contribution in [0, 0.1) is 17.8 Å². The summed E-state index contributed by atoms with van der Waals surface area (Å²) in [7, 11) is 0. The Morgan fingerprint density at radius 1 is 0.818 bits per heavy atom. The van der Waals surface area contributed by atoms with Crippen molar-refractivity contribution in [1.29, 1.82) is 0 Å². The lowest BCUT2D eigenvalue weighted by atomic mass is 9.68. The van der Waals surface area contributed by atoms with Crippen molar-refractivity contribution < 1.29 is 9.53 Å². The van der Waals surface area contributed by atoms with E-state index in [1.54, 1.807) is 24.3 Å². The van der Waals surface area contributed by atoms with Crippen molar-refractivity contribution in [2.24, 2.45) is 17.8 Å². The van der Waals surface area contributed by atoms with Gasteiger partial charge in [-0.25, -0.2) is 4.79 Å². The quantitative estimate of drug-likeness (QED) is 0.192. The highest BCUT2D eigenvalue weighted by atomic mass is 16.5. The average molecular weight is 448 g/mol. The zero-order valence-corrected chi connectivity index (χ0v) is 20.3. The van der Waals surface area contributed by atoms with E-state index >= 15 is 0 Å². The van der Waals surface area contributed by atoms with Gasteiger partial charge in [0.25, 0.3) is 0 Å². The van der Waals surface area contributed by atoms with Crippen LogP contribution < -0.4 is 10.5 Å². The molecule has 33 heavy (non-hydrogen) atoms. The number of unbranched alkanes of at least 4 members (excludes halogenated alkanes) is 2. The summed E-state index contributed by atoms with van der Waals surface area (Å²) in [6, 6.07) is 15.0. The van der Waals surface area contributed by atoms with E-state index < -0.39 is 0 Å². The van der Waals surface area contributed by atoms with Crippen LogP contribution in [0.15, 0.2) is 48.5 Å². The standard InChI is InChI=1S/C30H41NO2/c1-2-3-4-5-22-6-8-23(9-7-22)24-10-12-25(13-11-24)26-16-20-29(21-17-26)33-30(32)27-14-18-28(31)19-15-27/h14-25H,2-13,31H2,1H3. The molecule has 0 heterocycles. The molecule has 0 atom stereocenters. The molecule has 2 fully saturated rings. The molecule has 2 aromatic rings. The molecule has 3 nitrogen and oxygen atoms in total. The van der Waals surface area contributed by atoms with E-state index in [-0.39, 0.29) is 5.97 Å². The number of nitrogen functional groups attached to an aromatic ring is 1. The molecule has 4 rings (SSSR count). The Morgan fingerprint density at radius 3 is 2.03 bits per heavy atom. The van der Waals surface area contributed by atoms with E-state index in [0.29, 0.717) is 22.9 Å². The lowest BCUT2D eigenvalue weighted by Gasteiger charge is -2.38. The fourth-order valence-corrected chi connectivity index (χ4v) is 6.15. The summed E-state index contributed by atoms with van der Waals surface area (Å²) in [6.07, 6.45) is 16.9. The minimum absolute atomic E-state index is 0.344. The molecule has 0 spiro atoms. The van der Waals surface area contributed by atoms with Gasteiger partial charge in [0.1, 0.15) is 5.75 Å². The molecule has 0 bridgehead atoms. The maximum absolute atomic E-state index is 12.3. The second kappa shape index (κ2) is 11.7. The van der Waals surface area contributed by atoms with Crippen molar-refractivity contribution in [3.63, 3.8) is 0 Å². The third-order valence-electron chi connectivity index (χ3n) is 8.25. The van der Waals surface area contributed by atoms with Gasteiger partial charge >= 0.3 is 5.97 Å². The summed E-state index contributed by atoms with van der Waals surface area (Å²) < 4.78 is 5.54. The highest BCUT2D eigenvalue weighted by Crippen LogP contribution is 2.44. The largest absolute Gasteiger partial charge is 0.423 e. The molecule has 2 saturated carbocycles. The fraction of sp³-hybridized carbons (Fsp3) is 0.567. The van der Waals surface area contributed by atoms with E-state index in [1.807, 2.05) is 12.1 Å². The third kappa shape index (κ3) is 6.62. The zero-order valence-electron chi connectivity index (χ0n) is 20.3. The molecule has 2 aliphatic rings. The molecule has 2 aliphatic carbocycles. The van der Waals surface area contributed by atoms with Crippen LogP contribution in [-0.4, -0.2) is 5.97 Å². The Bertz CT molecular complexity index is 857. The first kappa shape index (κ1) is 23.9. The van der Waals surface area contributed by atoms with Crippen LogP contribution in [0.5, 0.6) is 5.75 Å². The molecule has 0 aromatic heterocycles. The number of rotatable bonds is 8. The maximum Gasteiger partial charge on any atom is 0.343 e. The van der Waals surface area contributed by atoms with Crippen LogP contribution in [0.3, 0.4) is 0 Å². The van der Waals surface area contributed by atoms with Crippen molar-refractivity contribution in [1.82, 2.24) is 0 Å². The first-order chi connectivity index (χ1) is 16.1. The van der Waals surface area contributed by atoms with Crippen molar-refractivity contribution in [3.8, 4) is 5.75 Å². The van der Waals surface area contributed by atoms with E-state index in [4.69, 9.17) is 10.5 Å². The number of carbonyl (C=O) groups is 1. The Labute approximate surface area is 200 Å². The van der Waals surface area contributed by atoms with Gasteiger partial charge in [0.15, 0.2) is 0 Å². The van der Waals surface area contributed by atoms with Crippen molar-refractivity contribution >= 4 is 11.7 Å². The van der Waals surface area contributed by atoms with Crippen LogP contribution >= 0.6 is 0 Å². The Morgan fingerprint density at radius 2 is 1.42 bits per heavy atom. The number of carbonyl (C=O) groups excluding carboxylic acids is 1. The minimum Gasteiger partial charge on any atom is -0.423 e. The van der Waals surface area contributed by atoms with E-state index in [2.05, 4.69) is 19.1 Å². The molecule has 0 unspecified atom stereocenters. The number of ether oxygens (including phenoxy) is 1. The maximum atomic E-state index is 12.3. The summed E-state index contributed by atoms with van der Waals surface area (Å²) in [6.45, 7) is 2.31. The van der Waals surface area contributed by atoms with Crippen LogP contribution in [0.4, 0.5) is 5.69 Å². The predicted octanol–water partition coefficient (Wildman–Crippen LogP) is 8.15. The SMILES string of the molecule is CCCCCC1CCC(C2CCC(c3ccc(OC(=O)c4ccc(N)cc4)cc3)CC2)CC1. The molecule has 3 heteroatoms. The van der Waals surface area contributed by atoms with Crippen molar-refractivity contribution in [2.45, 2.75) is 89.9 Å². The Hall–Kier alpha value is -2.29. The monoisotopic (exact) mass is 447 g/mol. The number of benzene rings is 2. The molecule has 0 saturated heterocycles. The van der Waals surface area contributed by atoms with Crippen LogP contribution in [0.1, 0.15) is 106 Å². The molecule has 0 aliphatic heterocycles. The van der Waals surface area contributed by atoms with Gasteiger partial charge in [0.05, 0.1) is 5.56 Å². The van der Waals surface area contributed by atoms with Gasteiger partial charge in [-0.15, -0.1) is 0 Å². The van der Waals surface area contributed by atoms with Crippen molar-refractivity contribution in [2.75, 3.05) is 5.73 Å². The van der Waals surface area contributed by atoms with Gasteiger partial charge in [-0.05, 0) is 104 Å². The first-order valence-electron chi connectivity index (χ1n) is 13.3. The molecule has 0 radical (unpaired) electrons. The van der Waals surface area contributed by atoms with Gasteiger partial charge in [-0.3, -0.25) is 0 Å². The minimum atomic E-state index is -0.344. The number of hydrogen-bond donors (Lipinski definition) is 1. The van der Waals surface area contributed by atoms with Gasteiger partial charge in [-0.1, -0.05) is 57.6 Å². The number of nitrogens with two attached hydrogens (primary N) is 1. The topological polar surface area (TPSA) is 52.3 Å². The number of esters is 1. The Kier molecular flexibility index (Phi) is 8.47. The van der Waals surface area contributed by atoms with Crippen LogP contribution in [0.2, 0.25) is 0 Å². The van der Waals surface area contributed by atoms with E-state index in [0.717, 1.165) is 17.8 Å². The highest BCUT2D eigenvalue weighted by Gasteiger charge is 2.31. The van der Waals surface area contributed by atoms with Gasteiger partial charge in [-0.2, -0.15) is 0 Å². The summed E-state index contributed by atoms with van der Waals surface area (Å²) in [5, 5.41) is 0. The predicted molar refractivity (Wildman–Crippen MR) is 137 cm³/mol. The molecular formula is C30H41NO2. The van der Waals surface area contributed by atoms with Crippen LogP contribution in [-0.2, 0) is 0 Å². The van der Waals surface area contributed by atoms with Gasteiger partial charge in [0.2, 0.25) is 0 Å². The number of anilines is 1. The van der Waals surface area contributed by atoms with Gasteiger partial charge in [0, 0.05) is 5.69 Å². The molecular weight excluding hydrogens is 406 g/mol. The second-order valence-electron chi connectivity index (χ2n) is 10.5. The van der Waals surface area contributed by atoms with E-state index in [9.17, 15) is 4.79 Å².